The van der Waals surface area contributed by atoms with Gasteiger partial charge in [-0.25, -0.2) is 13.2 Å². The smallest absolute Gasteiger partial charge is 0.161 e. The zero-order valence-electron chi connectivity index (χ0n) is 13.2. The van der Waals surface area contributed by atoms with Crippen LogP contribution in [-0.2, 0) is 6.61 Å². The lowest BCUT2D eigenvalue weighted by Gasteiger charge is -2.21. The van der Waals surface area contributed by atoms with Crippen molar-refractivity contribution in [3.8, 4) is 5.75 Å². The molecule has 0 saturated carbocycles. The Morgan fingerprint density at radius 3 is 2.42 bits per heavy atom. The van der Waals surface area contributed by atoms with Crippen molar-refractivity contribution < 1.29 is 17.9 Å². The Hall–Kier alpha value is -2.49. The molecular formula is C20H17F3O. The van der Waals surface area contributed by atoms with Crippen molar-refractivity contribution >= 4 is 5.57 Å². The van der Waals surface area contributed by atoms with Crippen LogP contribution in [0.1, 0.15) is 18.1 Å². The molecule has 0 amide bonds. The topological polar surface area (TPSA) is 9.23 Å². The minimum Gasteiger partial charge on any atom is -0.489 e. The number of allylic oxidation sites excluding steroid dienone is 4. The van der Waals surface area contributed by atoms with Crippen LogP contribution in [0.5, 0.6) is 5.75 Å². The molecule has 0 N–H and O–H groups in total. The highest BCUT2D eigenvalue weighted by molar-refractivity contribution is 5.73. The number of hydrogen-bond donors (Lipinski definition) is 0. The van der Waals surface area contributed by atoms with Gasteiger partial charge in [-0.3, -0.25) is 0 Å². The van der Waals surface area contributed by atoms with Crippen LogP contribution in [0.4, 0.5) is 13.2 Å². The van der Waals surface area contributed by atoms with Crippen LogP contribution >= 0.6 is 0 Å². The molecule has 24 heavy (non-hydrogen) atoms. The van der Waals surface area contributed by atoms with E-state index in [1.54, 1.807) is 55.5 Å². The van der Waals surface area contributed by atoms with Crippen molar-refractivity contribution in [3.05, 3.63) is 83.2 Å². The zero-order valence-corrected chi connectivity index (χ0v) is 13.2. The first-order chi connectivity index (χ1) is 11.5. The van der Waals surface area contributed by atoms with Gasteiger partial charge in [-0.05, 0) is 41.3 Å². The zero-order chi connectivity index (χ0) is 17.1. The van der Waals surface area contributed by atoms with Crippen LogP contribution in [0.15, 0.2) is 66.3 Å². The molecule has 2 atom stereocenters. The second-order valence-corrected chi connectivity index (χ2v) is 5.78. The van der Waals surface area contributed by atoms with Gasteiger partial charge in [-0.2, -0.15) is 0 Å². The average Bonchev–Trinajstić information content (AvgIpc) is 2.59. The van der Waals surface area contributed by atoms with Crippen LogP contribution in [0, 0.1) is 5.82 Å². The molecule has 3 rings (SSSR count). The fourth-order valence-electron chi connectivity index (χ4n) is 2.57. The predicted molar refractivity (Wildman–Crippen MR) is 88.7 cm³/mol. The molecular weight excluding hydrogens is 313 g/mol. The maximum absolute atomic E-state index is 14.1. The predicted octanol–water partition coefficient (Wildman–Crippen LogP) is 5.42. The Morgan fingerprint density at radius 2 is 1.71 bits per heavy atom. The lowest BCUT2D eigenvalue weighted by atomic mass is 9.90. The minimum atomic E-state index is -1.65. The van der Waals surface area contributed by atoms with E-state index in [1.165, 1.54) is 12.1 Å². The van der Waals surface area contributed by atoms with Gasteiger partial charge in [0.25, 0.3) is 0 Å². The third-order valence-corrected chi connectivity index (χ3v) is 4.00. The van der Waals surface area contributed by atoms with Gasteiger partial charge in [0.15, 0.2) is 12.3 Å². The third-order valence-electron chi connectivity index (χ3n) is 4.00. The summed E-state index contributed by atoms with van der Waals surface area (Å²) < 4.78 is 46.5. The van der Waals surface area contributed by atoms with Crippen LogP contribution in [-0.4, -0.2) is 12.3 Å². The van der Waals surface area contributed by atoms with E-state index in [1.807, 2.05) is 0 Å². The summed E-state index contributed by atoms with van der Waals surface area (Å²) in [5.74, 6) is 0.0870. The van der Waals surface area contributed by atoms with Crippen LogP contribution in [0.3, 0.4) is 0 Å². The molecule has 0 radical (unpaired) electrons. The lowest BCUT2D eigenvalue weighted by molar-refractivity contribution is 0.242. The second-order valence-electron chi connectivity index (χ2n) is 5.78. The number of hydrogen-bond acceptors (Lipinski definition) is 1. The monoisotopic (exact) mass is 330 g/mol. The van der Waals surface area contributed by atoms with Gasteiger partial charge >= 0.3 is 0 Å². The number of halogens is 3. The lowest BCUT2D eigenvalue weighted by Crippen LogP contribution is -2.22. The van der Waals surface area contributed by atoms with Gasteiger partial charge in [-0.15, -0.1) is 0 Å². The molecule has 0 spiro atoms. The number of ether oxygens (including phenoxy) is 1. The van der Waals surface area contributed by atoms with E-state index in [4.69, 9.17) is 4.74 Å². The number of benzene rings is 2. The van der Waals surface area contributed by atoms with E-state index in [0.29, 0.717) is 22.5 Å². The van der Waals surface area contributed by atoms with Gasteiger partial charge in [-0.1, -0.05) is 42.5 Å². The van der Waals surface area contributed by atoms with Gasteiger partial charge in [0, 0.05) is 6.07 Å². The first-order valence-electron chi connectivity index (χ1n) is 7.69. The summed E-state index contributed by atoms with van der Waals surface area (Å²) in [5.41, 5.74) is 2.24. The number of rotatable bonds is 4. The van der Waals surface area contributed by atoms with E-state index in [0.717, 1.165) is 5.56 Å². The third kappa shape index (κ3) is 3.53. The maximum Gasteiger partial charge on any atom is 0.161 e. The summed E-state index contributed by atoms with van der Waals surface area (Å²) in [6.07, 6.45) is -0.0175. The Bertz CT molecular complexity index is 778. The molecule has 0 saturated heterocycles. The Morgan fingerprint density at radius 1 is 0.958 bits per heavy atom. The van der Waals surface area contributed by atoms with E-state index < -0.39 is 12.3 Å². The highest BCUT2D eigenvalue weighted by Crippen LogP contribution is 2.32. The Kier molecular flexibility index (Phi) is 4.74. The molecule has 0 fully saturated rings. The van der Waals surface area contributed by atoms with Gasteiger partial charge in [0.2, 0.25) is 0 Å². The fraction of sp³-hybridized carbons (Fsp3) is 0.200. The molecule has 0 heterocycles. The fourth-order valence-corrected chi connectivity index (χ4v) is 2.57. The Balaban J connectivity index is 1.70. The van der Waals surface area contributed by atoms with E-state index in [2.05, 4.69) is 0 Å². The Labute approximate surface area is 139 Å². The largest absolute Gasteiger partial charge is 0.489 e. The summed E-state index contributed by atoms with van der Waals surface area (Å²) in [5, 5.41) is 0. The van der Waals surface area contributed by atoms with Crippen molar-refractivity contribution in [2.24, 2.45) is 0 Å². The highest BCUT2D eigenvalue weighted by atomic mass is 19.2. The minimum absolute atomic E-state index is 0.270. The molecule has 124 valence electrons. The van der Waals surface area contributed by atoms with Crippen molar-refractivity contribution in [3.63, 3.8) is 0 Å². The molecule has 2 unspecified atom stereocenters. The molecule has 1 aliphatic carbocycles. The molecule has 1 nitrogen and oxygen atoms in total. The summed E-state index contributed by atoms with van der Waals surface area (Å²) in [6.45, 7) is 1.85. The molecule has 2 aromatic rings. The van der Waals surface area contributed by atoms with Gasteiger partial charge < -0.3 is 4.74 Å². The average molecular weight is 330 g/mol. The second kappa shape index (κ2) is 6.95. The van der Waals surface area contributed by atoms with E-state index in [-0.39, 0.29) is 12.4 Å². The molecule has 0 bridgehead atoms. The van der Waals surface area contributed by atoms with E-state index >= 15 is 0 Å². The summed E-state index contributed by atoms with van der Waals surface area (Å²) in [7, 11) is 0. The number of alkyl halides is 2. The SMILES string of the molecule is CC1=CC=C(c2ccc(COc3cccc(F)c3)cc2)C(F)C1F. The van der Waals surface area contributed by atoms with Crippen molar-refractivity contribution in [1.82, 2.24) is 0 Å². The first-order valence-corrected chi connectivity index (χ1v) is 7.69. The van der Waals surface area contributed by atoms with E-state index in [9.17, 15) is 13.2 Å². The molecule has 0 aromatic heterocycles. The quantitative estimate of drug-likeness (QED) is 0.727. The van der Waals surface area contributed by atoms with Gasteiger partial charge in [0.1, 0.15) is 18.2 Å². The van der Waals surface area contributed by atoms with Crippen LogP contribution in [0.25, 0.3) is 5.57 Å². The normalized spacial score (nSPS) is 20.3. The van der Waals surface area contributed by atoms with Gasteiger partial charge in [0.05, 0.1) is 0 Å². The highest BCUT2D eigenvalue weighted by Gasteiger charge is 2.29. The maximum atomic E-state index is 14.1. The molecule has 2 aromatic carbocycles. The summed E-state index contributed by atoms with van der Waals surface area (Å²) >= 11 is 0. The van der Waals surface area contributed by atoms with Crippen molar-refractivity contribution in [2.75, 3.05) is 0 Å². The van der Waals surface area contributed by atoms with Crippen LogP contribution < -0.4 is 4.74 Å². The van der Waals surface area contributed by atoms with Crippen molar-refractivity contribution in [1.29, 1.82) is 0 Å². The summed E-state index contributed by atoms with van der Waals surface area (Å²) in [6, 6.07) is 13.0. The van der Waals surface area contributed by atoms with Crippen LogP contribution in [0.2, 0.25) is 0 Å². The molecule has 4 heteroatoms. The summed E-state index contributed by atoms with van der Waals surface area (Å²) in [4.78, 5) is 0. The molecule has 1 aliphatic rings. The standard InChI is InChI=1S/C20H17F3O/c1-13-5-10-18(20(23)19(13)22)15-8-6-14(7-9-15)12-24-17-4-2-3-16(21)11-17/h2-11,19-20H,12H2,1H3. The first kappa shape index (κ1) is 16.4. The van der Waals surface area contributed by atoms with Crippen molar-refractivity contribution in [2.45, 2.75) is 25.9 Å². The molecule has 0 aliphatic heterocycles.